The molecule has 1 aliphatic rings. The van der Waals surface area contributed by atoms with Crippen LogP contribution in [0.3, 0.4) is 0 Å². The fraction of sp³-hybridized carbons (Fsp3) is 0.571. The number of hydrogen-bond donors (Lipinski definition) is 1. The molecular weight excluding hydrogens is 256 g/mol. The van der Waals surface area contributed by atoms with Crippen LogP contribution in [0.15, 0.2) is 12.1 Å². The molecule has 3 rings (SSSR count). The van der Waals surface area contributed by atoms with E-state index in [-0.39, 0.29) is 0 Å². The highest BCUT2D eigenvalue weighted by molar-refractivity contribution is 5.74. The summed E-state index contributed by atoms with van der Waals surface area (Å²) in [5.41, 5.74) is 7.95. The minimum Gasteiger partial charge on any atom is -0.481 e. The quantitative estimate of drug-likeness (QED) is 0.871. The van der Waals surface area contributed by atoms with Gasteiger partial charge in [-0.25, -0.2) is 4.98 Å². The molecule has 0 unspecified atom stereocenters. The smallest absolute Gasteiger partial charge is 0.215 e. The Bertz CT molecular complexity index is 619. The third kappa shape index (κ3) is 2.31. The normalized spacial score (nSPS) is 16.5. The summed E-state index contributed by atoms with van der Waals surface area (Å²) in [4.78, 5) is 8.85. The number of aromatic nitrogens is 3. The van der Waals surface area contributed by atoms with Gasteiger partial charge in [-0.1, -0.05) is 0 Å². The maximum atomic E-state index is 6.05. The van der Waals surface area contributed by atoms with E-state index in [1.54, 1.807) is 20.3 Å². The summed E-state index contributed by atoms with van der Waals surface area (Å²) in [5, 5.41) is 0. The van der Waals surface area contributed by atoms with E-state index < -0.39 is 0 Å². The number of anilines is 1. The number of nitrogens with two attached hydrogens (primary N) is 1. The van der Waals surface area contributed by atoms with E-state index in [2.05, 4.69) is 9.97 Å². The van der Waals surface area contributed by atoms with Crippen molar-refractivity contribution in [2.24, 2.45) is 5.41 Å². The van der Waals surface area contributed by atoms with Gasteiger partial charge in [-0.05, 0) is 30.7 Å². The van der Waals surface area contributed by atoms with Gasteiger partial charge in [-0.15, -0.1) is 0 Å². The molecule has 108 valence electrons. The van der Waals surface area contributed by atoms with Crippen molar-refractivity contribution in [1.29, 1.82) is 0 Å². The minimum atomic E-state index is 0.294. The molecule has 0 radical (unpaired) electrons. The van der Waals surface area contributed by atoms with Crippen molar-refractivity contribution in [2.45, 2.75) is 25.8 Å². The number of fused-ring (bicyclic) bond motifs is 1. The Morgan fingerprint density at radius 1 is 1.30 bits per heavy atom. The fourth-order valence-corrected chi connectivity index (χ4v) is 2.59. The van der Waals surface area contributed by atoms with Crippen LogP contribution >= 0.6 is 0 Å². The molecular formula is C14H20N4O2. The highest BCUT2D eigenvalue weighted by Crippen LogP contribution is 2.50. The molecule has 0 atom stereocenters. The lowest BCUT2D eigenvalue weighted by Gasteiger charge is -2.16. The highest BCUT2D eigenvalue weighted by Gasteiger charge is 2.43. The van der Waals surface area contributed by atoms with Gasteiger partial charge in [0.2, 0.25) is 11.8 Å². The van der Waals surface area contributed by atoms with Crippen molar-refractivity contribution in [3.05, 3.63) is 12.1 Å². The molecule has 1 saturated carbocycles. The van der Waals surface area contributed by atoms with Crippen LogP contribution in [0.1, 0.15) is 19.3 Å². The lowest BCUT2D eigenvalue weighted by molar-refractivity contribution is 0.167. The van der Waals surface area contributed by atoms with Gasteiger partial charge in [-0.2, -0.15) is 4.98 Å². The van der Waals surface area contributed by atoms with Gasteiger partial charge in [-0.3, -0.25) is 4.57 Å². The number of methoxy groups -OCH3 is 2. The van der Waals surface area contributed by atoms with Gasteiger partial charge >= 0.3 is 0 Å². The van der Waals surface area contributed by atoms with Gasteiger partial charge in [0, 0.05) is 26.3 Å². The number of nitrogen functional groups attached to an aromatic ring is 1. The van der Waals surface area contributed by atoms with Crippen LogP contribution in [0.25, 0.3) is 11.2 Å². The topological polar surface area (TPSA) is 75.2 Å². The van der Waals surface area contributed by atoms with E-state index in [9.17, 15) is 0 Å². The second-order valence-electron chi connectivity index (χ2n) is 5.50. The summed E-state index contributed by atoms with van der Waals surface area (Å²) in [7, 11) is 3.35. The Morgan fingerprint density at radius 2 is 2.10 bits per heavy atom. The van der Waals surface area contributed by atoms with Gasteiger partial charge in [0.15, 0.2) is 5.65 Å². The third-order valence-corrected chi connectivity index (χ3v) is 4.09. The Kier molecular flexibility index (Phi) is 3.25. The molecule has 0 bridgehead atoms. The van der Waals surface area contributed by atoms with E-state index >= 15 is 0 Å². The van der Waals surface area contributed by atoms with Crippen molar-refractivity contribution >= 4 is 17.1 Å². The van der Waals surface area contributed by atoms with Crippen molar-refractivity contribution in [3.8, 4) is 5.88 Å². The Labute approximate surface area is 117 Å². The zero-order chi connectivity index (χ0) is 14.2. The molecule has 0 saturated heterocycles. The van der Waals surface area contributed by atoms with Gasteiger partial charge < -0.3 is 15.2 Å². The largest absolute Gasteiger partial charge is 0.481 e. The van der Waals surface area contributed by atoms with Gasteiger partial charge in [0.05, 0.1) is 7.11 Å². The van der Waals surface area contributed by atoms with Crippen LogP contribution in [-0.2, 0) is 11.3 Å². The van der Waals surface area contributed by atoms with Gasteiger partial charge in [0.25, 0.3) is 0 Å². The standard InChI is InChI=1S/C14H20N4O2/c1-19-8-7-14(5-6-14)9-18-12-10(16-13(18)15)3-4-11(17-12)20-2/h3-4H,5-9H2,1-2H3,(H2,15,16). The average Bonchev–Trinajstić information content (AvgIpc) is 3.16. The molecule has 20 heavy (non-hydrogen) atoms. The lowest BCUT2D eigenvalue weighted by atomic mass is 10.0. The van der Waals surface area contributed by atoms with E-state index in [1.807, 2.05) is 10.6 Å². The maximum Gasteiger partial charge on any atom is 0.215 e. The van der Waals surface area contributed by atoms with Crippen LogP contribution in [0.5, 0.6) is 5.88 Å². The first-order valence-electron chi connectivity index (χ1n) is 6.83. The molecule has 0 spiro atoms. The molecule has 0 aliphatic heterocycles. The summed E-state index contributed by atoms with van der Waals surface area (Å²) in [6, 6.07) is 3.69. The van der Waals surface area contributed by atoms with E-state index in [1.165, 1.54) is 12.8 Å². The molecule has 0 aromatic carbocycles. The van der Waals surface area contributed by atoms with Gasteiger partial charge in [0.1, 0.15) is 5.52 Å². The molecule has 2 aromatic heterocycles. The zero-order valence-corrected chi connectivity index (χ0v) is 11.9. The number of nitrogens with zero attached hydrogens (tertiary/aromatic N) is 3. The molecule has 1 fully saturated rings. The molecule has 2 heterocycles. The predicted octanol–water partition coefficient (Wildman–Crippen LogP) is 1.84. The summed E-state index contributed by atoms with van der Waals surface area (Å²) >= 11 is 0. The summed E-state index contributed by atoms with van der Waals surface area (Å²) in [5.74, 6) is 1.10. The summed E-state index contributed by atoms with van der Waals surface area (Å²) in [6.07, 6.45) is 3.46. The van der Waals surface area contributed by atoms with Crippen molar-refractivity contribution in [1.82, 2.24) is 14.5 Å². The lowest BCUT2D eigenvalue weighted by Crippen LogP contribution is -2.16. The molecule has 2 aromatic rings. The van der Waals surface area contributed by atoms with Crippen molar-refractivity contribution < 1.29 is 9.47 Å². The van der Waals surface area contributed by atoms with Crippen LogP contribution < -0.4 is 10.5 Å². The Hall–Kier alpha value is -1.82. The van der Waals surface area contributed by atoms with Crippen LogP contribution in [0.2, 0.25) is 0 Å². The van der Waals surface area contributed by atoms with Crippen LogP contribution in [-0.4, -0.2) is 35.4 Å². The Balaban J connectivity index is 1.92. The van der Waals surface area contributed by atoms with Crippen molar-refractivity contribution in [2.75, 3.05) is 26.6 Å². The average molecular weight is 276 g/mol. The SMILES string of the molecule is COCCC1(Cn2c(N)nc3ccc(OC)nc32)CC1. The van der Waals surface area contributed by atoms with Crippen LogP contribution in [0, 0.1) is 5.41 Å². The zero-order valence-electron chi connectivity index (χ0n) is 11.9. The molecule has 6 heteroatoms. The van der Waals surface area contributed by atoms with E-state index in [0.717, 1.165) is 30.7 Å². The molecule has 6 nitrogen and oxygen atoms in total. The van der Waals surface area contributed by atoms with Crippen molar-refractivity contribution in [3.63, 3.8) is 0 Å². The monoisotopic (exact) mass is 276 g/mol. The predicted molar refractivity (Wildman–Crippen MR) is 76.7 cm³/mol. The van der Waals surface area contributed by atoms with Crippen LogP contribution in [0.4, 0.5) is 5.95 Å². The first-order chi connectivity index (χ1) is 9.67. The third-order valence-electron chi connectivity index (χ3n) is 4.09. The van der Waals surface area contributed by atoms with E-state index in [4.69, 9.17) is 15.2 Å². The fourth-order valence-electron chi connectivity index (χ4n) is 2.59. The first-order valence-corrected chi connectivity index (χ1v) is 6.83. The number of imidazole rings is 1. The molecule has 0 amide bonds. The summed E-state index contributed by atoms with van der Waals surface area (Å²) in [6.45, 7) is 1.63. The van der Waals surface area contributed by atoms with E-state index in [0.29, 0.717) is 17.2 Å². The number of hydrogen-bond acceptors (Lipinski definition) is 5. The maximum absolute atomic E-state index is 6.05. The Morgan fingerprint density at radius 3 is 2.75 bits per heavy atom. The second-order valence-corrected chi connectivity index (χ2v) is 5.50. The number of rotatable bonds is 6. The molecule has 2 N–H and O–H groups in total. The number of ether oxygens (including phenoxy) is 2. The second kappa shape index (κ2) is 4.94. The number of pyridine rings is 1. The molecule has 1 aliphatic carbocycles. The summed E-state index contributed by atoms with van der Waals surface area (Å²) < 4.78 is 12.4. The minimum absolute atomic E-state index is 0.294. The first kappa shape index (κ1) is 13.2. The highest BCUT2D eigenvalue weighted by atomic mass is 16.5.